The van der Waals surface area contributed by atoms with Crippen LogP contribution in [-0.4, -0.2) is 73.8 Å². The second-order valence-corrected chi connectivity index (χ2v) is 7.40. The summed E-state index contributed by atoms with van der Waals surface area (Å²) >= 11 is 0. The molecule has 2 fully saturated rings. The van der Waals surface area contributed by atoms with E-state index in [0.29, 0.717) is 44.3 Å². The summed E-state index contributed by atoms with van der Waals surface area (Å²) in [5.41, 5.74) is 4.04. The molecule has 2 aliphatic heterocycles. The van der Waals surface area contributed by atoms with Gasteiger partial charge in [0.2, 0.25) is 17.8 Å². The first-order valence-corrected chi connectivity index (χ1v) is 10.6. The summed E-state index contributed by atoms with van der Waals surface area (Å²) in [5.74, 6) is 1.71. The van der Waals surface area contributed by atoms with Gasteiger partial charge >= 0.3 is 0 Å². The number of aromatic nitrogens is 3. The van der Waals surface area contributed by atoms with Gasteiger partial charge in [0.25, 0.3) is 0 Å². The van der Waals surface area contributed by atoms with Crippen molar-refractivity contribution in [3.63, 3.8) is 0 Å². The van der Waals surface area contributed by atoms with Gasteiger partial charge in [0.1, 0.15) is 0 Å². The fraction of sp³-hybridized carbons (Fsp3) is 0.364. The van der Waals surface area contributed by atoms with Crippen LogP contribution in [0.1, 0.15) is 5.56 Å². The molecule has 31 heavy (non-hydrogen) atoms. The number of ether oxygens (including phenoxy) is 2. The molecule has 5 rings (SSSR count). The average Bonchev–Trinajstić information content (AvgIpc) is 2.85. The van der Waals surface area contributed by atoms with Gasteiger partial charge in [0.05, 0.1) is 32.6 Å². The first-order valence-electron chi connectivity index (χ1n) is 10.6. The van der Waals surface area contributed by atoms with E-state index in [1.165, 1.54) is 5.39 Å². The van der Waals surface area contributed by atoms with E-state index in [0.717, 1.165) is 37.1 Å². The van der Waals surface area contributed by atoms with Gasteiger partial charge in [0, 0.05) is 31.7 Å². The number of hydrogen-bond acceptors (Lipinski definition) is 9. The van der Waals surface area contributed by atoms with E-state index < -0.39 is 0 Å². The highest BCUT2D eigenvalue weighted by atomic mass is 16.5. The molecule has 0 bridgehead atoms. The molecule has 2 aromatic carbocycles. The van der Waals surface area contributed by atoms with Crippen molar-refractivity contribution in [1.82, 2.24) is 15.0 Å². The minimum atomic E-state index is 0.425. The summed E-state index contributed by atoms with van der Waals surface area (Å²) in [6.07, 6.45) is 1.80. The third-order valence-electron chi connectivity index (χ3n) is 5.39. The Morgan fingerprint density at radius 3 is 2.06 bits per heavy atom. The van der Waals surface area contributed by atoms with Crippen molar-refractivity contribution in [2.75, 3.05) is 67.8 Å². The summed E-state index contributed by atoms with van der Waals surface area (Å²) in [7, 11) is 0. The second kappa shape index (κ2) is 9.23. The lowest BCUT2D eigenvalue weighted by atomic mass is 10.1. The van der Waals surface area contributed by atoms with Crippen LogP contribution in [0.3, 0.4) is 0 Å². The van der Waals surface area contributed by atoms with Crippen molar-refractivity contribution in [2.45, 2.75) is 0 Å². The van der Waals surface area contributed by atoms with Crippen molar-refractivity contribution >= 4 is 34.8 Å². The van der Waals surface area contributed by atoms with Crippen LogP contribution in [0.5, 0.6) is 0 Å². The number of nitrogens with one attached hydrogen (secondary N) is 1. The fourth-order valence-electron chi connectivity index (χ4n) is 3.74. The maximum Gasteiger partial charge on any atom is 0.250 e. The number of nitrogens with zero attached hydrogens (tertiary/aromatic N) is 6. The topological polar surface area (TPSA) is 88.0 Å². The first-order chi connectivity index (χ1) is 15.4. The first kappa shape index (κ1) is 19.7. The van der Waals surface area contributed by atoms with Gasteiger partial charge in [-0.15, -0.1) is 0 Å². The highest BCUT2D eigenvalue weighted by molar-refractivity contribution is 5.99. The van der Waals surface area contributed by atoms with Gasteiger partial charge in [-0.3, -0.25) is 0 Å². The van der Waals surface area contributed by atoms with Crippen LogP contribution in [0.4, 0.5) is 17.8 Å². The zero-order valence-electron chi connectivity index (χ0n) is 17.3. The molecule has 9 heteroatoms. The maximum atomic E-state index is 5.47. The molecule has 3 aromatic rings. The molecule has 0 unspecified atom stereocenters. The highest BCUT2D eigenvalue weighted by Gasteiger charge is 2.20. The van der Waals surface area contributed by atoms with Crippen LogP contribution in [-0.2, 0) is 9.47 Å². The van der Waals surface area contributed by atoms with E-state index >= 15 is 0 Å². The predicted molar refractivity (Wildman–Crippen MR) is 121 cm³/mol. The molecule has 2 aliphatic rings. The van der Waals surface area contributed by atoms with Gasteiger partial charge < -0.3 is 19.3 Å². The lowest BCUT2D eigenvalue weighted by molar-refractivity contribution is 0.121. The van der Waals surface area contributed by atoms with E-state index in [4.69, 9.17) is 14.5 Å². The molecule has 0 atom stereocenters. The van der Waals surface area contributed by atoms with Crippen LogP contribution in [0.15, 0.2) is 47.6 Å². The summed E-state index contributed by atoms with van der Waals surface area (Å²) in [6.45, 7) is 5.69. The molecule has 0 saturated carbocycles. The number of rotatable bonds is 5. The van der Waals surface area contributed by atoms with Gasteiger partial charge in [-0.2, -0.15) is 20.1 Å². The number of morpholine rings is 2. The SMILES string of the molecule is C(=N/Nc1nc(N2CCOCC2)nc(N2CCOCC2)n1)/c1cccc2ccccc12. The minimum Gasteiger partial charge on any atom is -0.378 e. The van der Waals surface area contributed by atoms with Crippen molar-refractivity contribution < 1.29 is 9.47 Å². The second-order valence-electron chi connectivity index (χ2n) is 7.40. The number of hydrazone groups is 1. The molecular formula is C22H25N7O2. The lowest BCUT2D eigenvalue weighted by Crippen LogP contribution is -2.40. The van der Waals surface area contributed by atoms with Crippen molar-refractivity contribution in [3.8, 4) is 0 Å². The molecule has 3 heterocycles. The van der Waals surface area contributed by atoms with E-state index in [9.17, 15) is 0 Å². The van der Waals surface area contributed by atoms with E-state index in [-0.39, 0.29) is 0 Å². The molecule has 1 aromatic heterocycles. The summed E-state index contributed by atoms with van der Waals surface area (Å²) < 4.78 is 10.9. The van der Waals surface area contributed by atoms with Crippen LogP contribution < -0.4 is 15.2 Å². The molecule has 0 amide bonds. The average molecular weight is 419 g/mol. The van der Waals surface area contributed by atoms with Crippen LogP contribution >= 0.6 is 0 Å². The predicted octanol–water partition coefficient (Wildman–Crippen LogP) is 2.14. The van der Waals surface area contributed by atoms with E-state index in [1.807, 2.05) is 24.3 Å². The standard InChI is InChI=1S/C22H25N7O2/c1-2-7-19-17(4-1)5-3-6-18(19)16-23-27-20-24-21(28-8-12-30-13-9-28)26-22(25-20)29-10-14-31-15-11-29/h1-7,16H,8-15H2,(H,24,25,26,27)/b23-16-. The molecule has 2 saturated heterocycles. The van der Waals surface area contributed by atoms with Crippen LogP contribution in [0.2, 0.25) is 0 Å². The largest absolute Gasteiger partial charge is 0.378 e. The molecular weight excluding hydrogens is 394 g/mol. The fourth-order valence-corrected chi connectivity index (χ4v) is 3.74. The monoisotopic (exact) mass is 419 g/mol. The number of hydrogen-bond donors (Lipinski definition) is 1. The minimum absolute atomic E-state index is 0.425. The van der Waals surface area contributed by atoms with Gasteiger partial charge in [-0.25, -0.2) is 5.43 Å². The third-order valence-corrected chi connectivity index (χ3v) is 5.39. The Balaban J connectivity index is 1.41. The van der Waals surface area contributed by atoms with Crippen LogP contribution in [0.25, 0.3) is 10.8 Å². The summed E-state index contributed by atoms with van der Waals surface area (Å²) in [5, 5.41) is 6.74. The number of fused-ring (bicyclic) bond motifs is 1. The van der Waals surface area contributed by atoms with E-state index in [2.05, 4.69) is 48.5 Å². The zero-order valence-corrected chi connectivity index (χ0v) is 17.3. The number of anilines is 3. The Labute approximate surface area is 180 Å². The normalized spacial score (nSPS) is 17.4. The third kappa shape index (κ3) is 4.57. The van der Waals surface area contributed by atoms with Crippen molar-refractivity contribution in [1.29, 1.82) is 0 Å². The smallest absolute Gasteiger partial charge is 0.250 e. The van der Waals surface area contributed by atoms with Gasteiger partial charge in [-0.1, -0.05) is 42.5 Å². The Bertz CT molecular complexity index is 1020. The summed E-state index contributed by atoms with van der Waals surface area (Å²) in [6, 6.07) is 14.4. The van der Waals surface area contributed by atoms with E-state index in [1.54, 1.807) is 6.21 Å². The van der Waals surface area contributed by atoms with Crippen molar-refractivity contribution in [3.05, 3.63) is 48.0 Å². The number of benzene rings is 2. The maximum absolute atomic E-state index is 5.47. The quantitative estimate of drug-likeness (QED) is 0.497. The van der Waals surface area contributed by atoms with Gasteiger partial charge in [-0.05, 0) is 10.8 Å². The lowest BCUT2D eigenvalue weighted by Gasteiger charge is -2.30. The molecule has 160 valence electrons. The summed E-state index contributed by atoms with van der Waals surface area (Å²) in [4.78, 5) is 18.2. The molecule has 0 aliphatic carbocycles. The Morgan fingerprint density at radius 1 is 0.774 bits per heavy atom. The Kier molecular flexibility index (Phi) is 5.85. The molecule has 9 nitrogen and oxygen atoms in total. The highest BCUT2D eigenvalue weighted by Crippen LogP contribution is 2.19. The van der Waals surface area contributed by atoms with Crippen molar-refractivity contribution in [2.24, 2.45) is 5.10 Å². The molecule has 1 N–H and O–H groups in total. The Hall–Kier alpha value is -3.30. The molecule has 0 radical (unpaired) electrons. The zero-order chi connectivity index (χ0) is 20.9. The molecule has 0 spiro atoms. The van der Waals surface area contributed by atoms with Gasteiger partial charge in [0.15, 0.2) is 0 Å². The van der Waals surface area contributed by atoms with Crippen LogP contribution in [0, 0.1) is 0 Å². The Morgan fingerprint density at radius 2 is 1.39 bits per heavy atom.